The van der Waals surface area contributed by atoms with E-state index in [-0.39, 0.29) is 5.91 Å². The van der Waals surface area contributed by atoms with Gasteiger partial charge in [0.15, 0.2) is 0 Å². The smallest absolute Gasteiger partial charge is 0.312 e. The first kappa shape index (κ1) is 20.6. The second-order valence-electron chi connectivity index (χ2n) is 6.84. The van der Waals surface area contributed by atoms with Gasteiger partial charge in [0.05, 0.1) is 0 Å². The summed E-state index contributed by atoms with van der Waals surface area (Å²) in [5.74, 6) is 0.529. The lowest BCUT2D eigenvalue weighted by Crippen LogP contribution is -2.46. The Morgan fingerprint density at radius 1 is 1.31 bits per heavy atom. The van der Waals surface area contributed by atoms with Crippen LogP contribution in [-0.4, -0.2) is 47.5 Å². The fraction of sp³-hybridized carbons (Fsp3) is 0.579. The molecule has 0 saturated carbocycles. The Kier molecular flexibility index (Phi) is 8.25. The van der Waals surface area contributed by atoms with Crippen molar-refractivity contribution in [3.63, 3.8) is 0 Å². The number of amides is 3. The minimum absolute atomic E-state index is 0.241. The van der Waals surface area contributed by atoms with Crippen LogP contribution in [0.1, 0.15) is 38.2 Å². The highest BCUT2D eigenvalue weighted by atomic mass is 32.2. The van der Waals surface area contributed by atoms with E-state index < -0.39 is 12.1 Å². The van der Waals surface area contributed by atoms with Gasteiger partial charge in [-0.05, 0) is 62.4 Å². The van der Waals surface area contributed by atoms with Crippen LogP contribution in [-0.2, 0) is 11.3 Å². The SMILES string of the molecule is CSCCC(NC(N)=O)C(=O)Nc1ccc(CN2CCCCC2C)cc1. The Morgan fingerprint density at radius 2 is 2.04 bits per heavy atom. The summed E-state index contributed by atoms with van der Waals surface area (Å²) >= 11 is 1.62. The number of rotatable bonds is 8. The summed E-state index contributed by atoms with van der Waals surface area (Å²) < 4.78 is 0. The number of piperidine rings is 1. The predicted molar refractivity (Wildman–Crippen MR) is 108 cm³/mol. The second-order valence-corrected chi connectivity index (χ2v) is 7.83. The van der Waals surface area contributed by atoms with Crippen LogP contribution < -0.4 is 16.4 Å². The van der Waals surface area contributed by atoms with E-state index in [1.165, 1.54) is 24.8 Å². The van der Waals surface area contributed by atoms with E-state index in [1.807, 2.05) is 18.4 Å². The highest BCUT2D eigenvalue weighted by Crippen LogP contribution is 2.20. The molecule has 3 amide bonds. The van der Waals surface area contributed by atoms with Crippen molar-refractivity contribution < 1.29 is 9.59 Å². The molecular formula is C19H30N4O2S. The lowest BCUT2D eigenvalue weighted by molar-refractivity contribution is -0.117. The van der Waals surface area contributed by atoms with E-state index in [9.17, 15) is 9.59 Å². The monoisotopic (exact) mass is 378 g/mol. The second kappa shape index (κ2) is 10.4. The zero-order valence-corrected chi connectivity index (χ0v) is 16.5. The van der Waals surface area contributed by atoms with Gasteiger partial charge in [-0.15, -0.1) is 0 Å². The van der Waals surface area contributed by atoms with Gasteiger partial charge in [-0.3, -0.25) is 9.69 Å². The number of benzene rings is 1. The van der Waals surface area contributed by atoms with Gasteiger partial charge in [0, 0.05) is 18.3 Å². The van der Waals surface area contributed by atoms with Gasteiger partial charge >= 0.3 is 6.03 Å². The summed E-state index contributed by atoms with van der Waals surface area (Å²) in [6, 6.07) is 7.26. The molecule has 2 atom stereocenters. The van der Waals surface area contributed by atoms with Gasteiger partial charge in [-0.2, -0.15) is 11.8 Å². The van der Waals surface area contributed by atoms with Crippen LogP contribution in [0.4, 0.5) is 10.5 Å². The zero-order chi connectivity index (χ0) is 18.9. The van der Waals surface area contributed by atoms with E-state index in [1.54, 1.807) is 11.8 Å². The van der Waals surface area contributed by atoms with Gasteiger partial charge in [0.1, 0.15) is 6.04 Å². The Labute approximate surface area is 160 Å². The van der Waals surface area contributed by atoms with Crippen LogP contribution in [0, 0.1) is 0 Å². The lowest BCUT2D eigenvalue weighted by Gasteiger charge is -2.33. The number of hydrogen-bond donors (Lipinski definition) is 3. The number of nitrogens with zero attached hydrogens (tertiary/aromatic N) is 1. The van der Waals surface area contributed by atoms with Gasteiger partial charge in [-0.1, -0.05) is 18.6 Å². The largest absolute Gasteiger partial charge is 0.352 e. The molecule has 1 aromatic carbocycles. The maximum atomic E-state index is 12.4. The highest BCUT2D eigenvalue weighted by molar-refractivity contribution is 7.98. The quantitative estimate of drug-likeness (QED) is 0.649. The number of thioether (sulfide) groups is 1. The van der Waals surface area contributed by atoms with Crippen molar-refractivity contribution in [3.05, 3.63) is 29.8 Å². The molecule has 144 valence electrons. The third kappa shape index (κ3) is 6.53. The molecule has 0 spiro atoms. The number of nitrogens with two attached hydrogens (primary N) is 1. The number of likely N-dealkylation sites (tertiary alicyclic amines) is 1. The average molecular weight is 379 g/mol. The first-order chi connectivity index (χ1) is 12.5. The van der Waals surface area contributed by atoms with Crippen molar-refractivity contribution in [1.29, 1.82) is 0 Å². The van der Waals surface area contributed by atoms with Crippen molar-refractivity contribution in [2.45, 2.75) is 51.2 Å². The van der Waals surface area contributed by atoms with Gasteiger partial charge in [0.25, 0.3) is 0 Å². The standard InChI is InChI=1S/C19H30N4O2S/c1-14-5-3-4-11-23(14)13-15-6-8-16(9-7-15)21-18(24)17(10-12-26-2)22-19(20)25/h6-9,14,17H,3-5,10-13H2,1-2H3,(H,21,24)(H3,20,22,25). The molecule has 7 heteroatoms. The normalized spacial score (nSPS) is 18.9. The van der Waals surface area contributed by atoms with Gasteiger partial charge < -0.3 is 16.4 Å². The molecule has 1 heterocycles. The Balaban J connectivity index is 1.92. The molecule has 1 aliphatic rings. The number of hydrogen-bond acceptors (Lipinski definition) is 4. The number of anilines is 1. The first-order valence-electron chi connectivity index (χ1n) is 9.18. The highest BCUT2D eigenvalue weighted by Gasteiger charge is 2.20. The minimum Gasteiger partial charge on any atom is -0.352 e. The summed E-state index contributed by atoms with van der Waals surface area (Å²) in [5.41, 5.74) is 7.14. The molecule has 2 unspecified atom stereocenters. The molecule has 2 rings (SSSR count). The van der Waals surface area contributed by atoms with E-state index in [4.69, 9.17) is 5.73 Å². The van der Waals surface area contributed by atoms with Gasteiger partial charge in [-0.25, -0.2) is 4.79 Å². The maximum Gasteiger partial charge on any atom is 0.312 e. The molecule has 6 nitrogen and oxygen atoms in total. The summed E-state index contributed by atoms with van der Waals surface area (Å²) in [6.07, 6.45) is 6.35. The van der Waals surface area contributed by atoms with Crippen LogP contribution in [0.3, 0.4) is 0 Å². The van der Waals surface area contributed by atoms with Crippen molar-refractivity contribution >= 4 is 29.4 Å². The molecule has 0 bridgehead atoms. The maximum absolute atomic E-state index is 12.4. The predicted octanol–water partition coefficient (Wildman–Crippen LogP) is 2.79. The molecule has 1 saturated heterocycles. The molecule has 0 aliphatic carbocycles. The summed E-state index contributed by atoms with van der Waals surface area (Å²) in [4.78, 5) is 26.0. The molecule has 1 fully saturated rings. The van der Waals surface area contributed by atoms with Crippen LogP contribution in [0.25, 0.3) is 0 Å². The fourth-order valence-electron chi connectivity index (χ4n) is 3.23. The third-order valence-corrected chi connectivity index (χ3v) is 5.44. The topological polar surface area (TPSA) is 87.5 Å². The number of carbonyl (C=O) groups excluding carboxylic acids is 2. The zero-order valence-electron chi connectivity index (χ0n) is 15.7. The Hall–Kier alpha value is -1.73. The van der Waals surface area contributed by atoms with Crippen LogP contribution >= 0.6 is 11.8 Å². The molecule has 4 N–H and O–H groups in total. The minimum atomic E-state index is -0.683. The number of urea groups is 1. The Morgan fingerprint density at radius 3 is 2.65 bits per heavy atom. The number of nitrogens with one attached hydrogen (secondary N) is 2. The Bertz CT molecular complexity index is 594. The summed E-state index contributed by atoms with van der Waals surface area (Å²) in [5, 5.41) is 5.38. The summed E-state index contributed by atoms with van der Waals surface area (Å²) in [7, 11) is 0. The van der Waals surface area contributed by atoms with E-state index >= 15 is 0 Å². The first-order valence-corrected chi connectivity index (χ1v) is 10.6. The van der Waals surface area contributed by atoms with Crippen molar-refractivity contribution in [1.82, 2.24) is 10.2 Å². The van der Waals surface area contributed by atoms with Crippen LogP contribution in [0.2, 0.25) is 0 Å². The molecule has 1 aliphatic heterocycles. The number of primary amides is 1. The van der Waals surface area contributed by atoms with Crippen molar-refractivity contribution in [2.24, 2.45) is 5.73 Å². The summed E-state index contributed by atoms with van der Waals surface area (Å²) in [6.45, 7) is 4.37. The lowest BCUT2D eigenvalue weighted by atomic mass is 10.0. The van der Waals surface area contributed by atoms with Crippen LogP contribution in [0.5, 0.6) is 0 Å². The van der Waals surface area contributed by atoms with E-state index in [2.05, 4.69) is 34.6 Å². The van der Waals surface area contributed by atoms with E-state index in [0.717, 1.165) is 24.5 Å². The number of carbonyl (C=O) groups is 2. The van der Waals surface area contributed by atoms with E-state index in [0.29, 0.717) is 12.5 Å². The molecule has 0 aromatic heterocycles. The molecular weight excluding hydrogens is 348 g/mol. The molecule has 0 radical (unpaired) electrons. The van der Waals surface area contributed by atoms with Crippen molar-refractivity contribution in [3.8, 4) is 0 Å². The fourth-order valence-corrected chi connectivity index (χ4v) is 3.70. The van der Waals surface area contributed by atoms with Crippen LogP contribution in [0.15, 0.2) is 24.3 Å². The average Bonchev–Trinajstić information content (AvgIpc) is 2.62. The van der Waals surface area contributed by atoms with Gasteiger partial charge in [0.2, 0.25) is 5.91 Å². The third-order valence-electron chi connectivity index (χ3n) is 4.79. The molecule has 26 heavy (non-hydrogen) atoms. The molecule has 1 aromatic rings. The van der Waals surface area contributed by atoms with Crippen molar-refractivity contribution in [2.75, 3.05) is 23.9 Å².